The van der Waals surface area contributed by atoms with Crippen LogP contribution in [0.5, 0.6) is 5.75 Å². The van der Waals surface area contributed by atoms with Gasteiger partial charge in [0.05, 0.1) is 6.61 Å². The Morgan fingerprint density at radius 2 is 2.05 bits per heavy atom. The van der Waals surface area contributed by atoms with Crippen molar-refractivity contribution in [2.75, 3.05) is 6.61 Å². The Morgan fingerprint density at radius 1 is 1.11 bits per heavy atom. The van der Waals surface area contributed by atoms with Crippen LogP contribution in [0.1, 0.15) is 39.0 Å². The molecule has 2 aromatic rings. The van der Waals surface area contributed by atoms with Gasteiger partial charge in [0.15, 0.2) is 0 Å². The largest absolute Gasteiger partial charge is 0.493 e. The predicted molar refractivity (Wildman–Crippen MR) is 76.0 cm³/mol. The van der Waals surface area contributed by atoms with Crippen molar-refractivity contribution in [3.8, 4) is 5.75 Å². The number of hydrogen-bond acceptors (Lipinski definition) is 3. The van der Waals surface area contributed by atoms with Crippen molar-refractivity contribution in [2.24, 2.45) is 0 Å². The van der Waals surface area contributed by atoms with E-state index in [1.165, 1.54) is 35.3 Å². The first-order valence-electron chi connectivity index (χ1n) is 6.86. The second-order valence-electron chi connectivity index (χ2n) is 5.32. The van der Waals surface area contributed by atoms with Crippen molar-refractivity contribution < 1.29 is 9.84 Å². The van der Waals surface area contributed by atoms with E-state index in [0.717, 1.165) is 29.2 Å². The Hall–Kier alpha value is -1.32. The molecule has 0 radical (unpaired) electrons. The van der Waals surface area contributed by atoms with E-state index in [-0.39, 0.29) is 0 Å². The first-order valence-corrected chi connectivity index (χ1v) is 7.68. The number of benzene rings is 1. The fourth-order valence-corrected chi connectivity index (χ4v) is 4.30. The summed E-state index contributed by atoms with van der Waals surface area (Å²) in [4.78, 5) is 2.56. The third-order valence-corrected chi connectivity index (χ3v) is 5.35. The van der Waals surface area contributed by atoms with Crippen LogP contribution in [0.2, 0.25) is 0 Å². The summed E-state index contributed by atoms with van der Waals surface area (Å²) in [6.07, 6.45) is 4.10. The van der Waals surface area contributed by atoms with Crippen LogP contribution in [0.3, 0.4) is 0 Å². The molecule has 98 valence electrons. The molecule has 0 saturated carbocycles. The van der Waals surface area contributed by atoms with E-state index in [1.54, 1.807) is 11.3 Å². The number of thiophene rings is 1. The van der Waals surface area contributed by atoms with Gasteiger partial charge in [-0.1, -0.05) is 6.07 Å². The number of fused-ring (bicyclic) bond motifs is 2. The minimum Gasteiger partial charge on any atom is -0.493 e. The van der Waals surface area contributed by atoms with Gasteiger partial charge in [0.1, 0.15) is 11.9 Å². The van der Waals surface area contributed by atoms with Crippen LogP contribution in [-0.2, 0) is 19.3 Å². The van der Waals surface area contributed by atoms with E-state index < -0.39 is 6.10 Å². The minimum absolute atomic E-state index is 0.485. The molecule has 2 nitrogen and oxygen atoms in total. The highest BCUT2D eigenvalue weighted by molar-refractivity contribution is 7.12. The van der Waals surface area contributed by atoms with Gasteiger partial charge in [-0.05, 0) is 54.2 Å². The molecule has 1 aliphatic heterocycles. The van der Waals surface area contributed by atoms with Crippen molar-refractivity contribution in [1.82, 2.24) is 0 Å². The van der Waals surface area contributed by atoms with Crippen LogP contribution >= 0.6 is 11.3 Å². The van der Waals surface area contributed by atoms with Gasteiger partial charge in [0, 0.05) is 16.2 Å². The molecule has 0 fully saturated rings. The smallest absolute Gasteiger partial charge is 0.122 e. The molecule has 1 N–H and O–H groups in total. The molecule has 3 heteroatoms. The molecular formula is C16H16O2S. The number of aliphatic hydroxyl groups excluding tert-OH is 1. The maximum absolute atomic E-state index is 10.6. The van der Waals surface area contributed by atoms with Crippen LogP contribution in [0.4, 0.5) is 0 Å². The maximum atomic E-state index is 10.6. The van der Waals surface area contributed by atoms with E-state index in [0.29, 0.717) is 0 Å². The average Bonchev–Trinajstić information content (AvgIpc) is 3.11. The second kappa shape index (κ2) is 4.36. The highest BCUT2D eigenvalue weighted by Crippen LogP contribution is 2.37. The van der Waals surface area contributed by atoms with Gasteiger partial charge in [-0.15, -0.1) is 11.3 Å². The zero-order valence-electron chi connectivity index (χ0n) is 10.7. The van der Waals surface area contributed by atoms with E-state index >= 15 is 0 Å². The van der Waals surface area contributed by atoms with Gasteiger partial charge in [-0.25, -0.2) is 0 Å². The standard InChI is InChI=1S/C16H16O2S/c17-16(15-9-11-2-1-3-14(11)19-15)12-4-5-13-10(8-12)6-7-18-13/h4-5,8-9,16-17H,1-3,6-7H2. The van der Waals surface area contributed by atoms with Crippen LogP contribution < -0.4 is 4.74 Å². The number of ether oxygens (including phenoxy) is 1. The van der Waals surface area contributed by atoms with Gasteiger partial charge >= 0.3 is 0 Å². The van der Waals surface area contributed by atoms with Crippen molar-refractivity contribution in [2.45, 2.75) is 31.8 Å². The first kappa shape index (κ1) is 11.5. The Bertz CT molecular complexity index is 608. The fourth-order valence-electron chi connectivity index (χ4n) is 3.03. The highest BCUT2D eigenvalue weighted by atomic mass is 32.1. The Balaban J connectivity index is 1.67. The highest BCUT2D eigenvalue weighted by Gasteiger charge is 2.21. The molecule has 4 rings (SSSR count). The second-order valence-corrected chi connectivity index (χ2v) is 6.49. The molecule has 0 spiro atoms. The van der Waals surface area contributed by atoms with Crippen molar-refractivity contribution >= 4 is 11.3 Å². The third kappa shape index (κ3) is 1.88. The molecule has 0 amide bonds. The summed E-state index contributed by atoms with van der Waals surface area (Å²) in [6, 6.07) is 8.26. The lowest BCUT2D eigenvalue weighted by Gasteiger charge is -2.10. The first-order chi connectivity index (χ1) is 9.31. The van der Waals surface area contributed by atoms with E-state index in [4.69, 9.17) is 4.74 Å². The summed E-state index contributed by atoms with van der Waals surface area (Å²) in [5, 5.41) is 10.6. The molecule has 1 aromatic carbocycles. The quantitative estimate of drug-likeness (QED) is 0.909. The number of aryl methyl sites for hydroxylation is 2. The van der Waals surface area contributed by atoms with Crippen LogP contribution in [0.25, 0.3) is 0 Å². The zero-order valence-corrected chi connectivity index (χ0v) is 11.5. The molecule has 2 aliphatic rings. The fraction of sp³-hybridized carbons (Fsp3) is 0.375. The van der Waals surface area contributed by atoms with Crippen LogP contribution in [-0.4, -0.2) is 11.7 Å². The Kier molecular flexibility index (Phi) is 2.64. The summed E-state index contributed by atoms with van der Waals surface area (Å²) in [7, 11) is 0. The SMILES string of the molecule is OC(c1ccc2c(c1)CCO2)c1cc2c(s1)CCC2. The lowest BCUT2D eigenvalue weighted by molar-refractivity contribution is 0.224. The van der Waals surface area contributed by atoms with Crippen LogP contribution in [0.15, 0.2) is 24.3 Å². The number of aliphatic hydroxyl groups is 1. The van der Waals surface area contributed by atoms with Crippen molar-refractivity contribution in [1.29, 1.82) is 0 Å². The molecule has 2 heterocycles. The van der Waals surface area contributed by atoms with Gasteiger partial charge in [0.2, 0.25) is 0 Å². The Labute approximate surface area is 116 Å². The summed E-state index contributed by atoms with van der Waals surface area (Å²) in [6.45, 7) is 0.766. The molecule has 1 aliphatic carbocycles. The van der Waals surface area contributed by atoms with Gasteiger partial charge in [-0.3, -0.25) is 0 Å². The van der Waals surface area contributed by atoms with Crippen molar-refractivity contribution in [3.63, 3.8) is 0 Å². The topological polar surface area (TPSA) is 29.5 Å². The lowest BCUT2D eigenvalue weighted by Crippen LogP contribution is -1.97. The van der Waals surface area contributed by atoms with E-state index in [2.05, 4.69) is 12.1 Å². The maximum Gasteiger partial charge on any atom is 0.122 e. The monoisotopic (exact) mass is 272 g/mol. The lowest BCUT2D eigenvalue weighted by atomic mass is 10.0. The van der Waals surface area contributed by atoms with Gasteiger partial charge in [0.25, 0.3) is 0 Å². The molecule has 1 unspecified atom stereocenters. The van der Waals surface area contributed by atoms with Gasteiger partial charge in [-0.2, -0.15) is 0 Å². The molecular weight excluding hydrogens is 256 g/mol. The molecule has 19 heavy (non-hydrogen) atoms. The molecule has 1 atom stereocenters. The zero-order chi connectivity index (χ0) is 12.8. The average molecular weight is 272 g/mol. The predicted octanol–water partition coefficient (Wildman–Crippen LogP) is 3.25. The number of hydrogen-bond donors (Lipinski definition) is 1. The summed E-state index contributed by atoms with van der Waals surface area (Å²) >= 11 is 1.78. The van der Waals surface area contributed by atoms with Crippen molar-refractivity contribution in [3.05, 3.63) is 50.7 Å². The van der Waals surface area contributed by atoms with Crippen LogP contribution in [0, 0.1) is 0 Å². The Morgan fingerprint density at radius 3 is 2.95 bits per heavy atom. The minimum atomic E-state index is -0.485. The third-order valence-electron chi connectivity index (χ3n) is 4.06. The summed E-state index contributed by atoms with van der Waals surface area (Å²) < 4.78 is 5.51. The molecule has 0 bridgehead atoms. The summed E-state index contributed by atoms with van der Waals surface area (Å²) in [5.41, 5.74) is 3.66. The molecule has 1 aromatic heterocycles. The number of rotatable bonds is 2. The van der Waals surface area contributed by atoms with E-state index in [9.17, 15) is 5.11 Å². The summed E-state index contributed by atoms with van der Waals surface area (Å²) in [5.74, 6) is 0.977. The van der Waals surface area contributed by atoms with E-state index in [1.807, 2.05) is 12.1 Å². The normalized spacial score (nSPS) is 17.9. The van der Waals surface area contributed by atoms with Gasteiger partial charge < -0.3 is 9.84 Å². The molecule has 0 saturated heterocycles.